The summed E-state index contributed by atoms with van der Waals surface area (Å²) in [5.41, 5.74) is 7.11. The molecule has 3 aromatic rings. The summed E-state index contributed by atoms with van der Waals surface area (Å²) >= 11 is 6.42. The van der Waals surface area contributed by atoms with Gasteiger partial charge in [-0.2, -0.15) is 0 Å². The van der Waals surface area contributed by atoms with Crippen molar-refractivity contribution in [3.05, 3.63) is 69.6 Å². The molecule has 6 nitrogen and oxygen atoms in total. The van der Waals surface area contributed by atoms with Gasteiger partial charge >= 0.3 is 0 Å². The van der Waals surface area contributed by atoms with Crippen molar-refractivity contribution in [3.8, 4) is 5.75 Å². The standard InChI is InChI=1S/C25H29ClN2O4S/c1-3-23(27)25(17-5-4-6-19(14-17)33(2,30)31)10-7-18(8-11-25)32-22-13-16-9-12-28-24(29)20(16)15-21(22)26/h4-6,9,12-15,18,23H,3,7-8,10-11,27H2,1-2H3,(H,28,29). The summed E-state index contributed by atoms with van der Waals surface area (Å²) in [4.78, 5) is 15.0. The molecule has 3 N–H and O–H groups in total. The molecule has 0 bridgehead atoms. The van der Waals surface area contributed by atoms with Gasteiger partial charge in [0.2, 0.25) is 0 Å². The molecule has 1 saturated carbocycles. The van der Waals surface area contributed by atoms with Crippen molar-refractivity contribution in [3.63, 3.8) is 0 Å². The van der Waals surface area contributed by atoms with E-state index in [1.54, 1.807) is 30.5 Å². The molecule has 4 rings (SSSR count). The Morgan fingerprint density at radius 2 is 1.94 bits per heavy atom. The number of nitrogens with two attached hydrogens (primary N) is 1. The minimum Gasteiger partial charge on any atom is -0.489 e. The predicted molar refractivity (Wildman–Crippen MR) is 132 cm³/mol. The quantitative estimate of drug-likeness (QED) is 0.528. The minimum absolute atomic E-state index is 0.0442. The second-order valence-electron chi connectivity index (χ2n) is 8.96. The van der Waals surface area contributed by atoms with Crippen LogP contribution in [0.2, 0.25) is 5.02 Å². The predicted octanol–water partition coefficient (Wildman–Crippen LogP) is 4.58. The topological polar surface area (TPSA) is 102 Å². The monoisotopic (exact) mass is 488 g/mol. The average molecular weight is 489 g/mol. The molecule has 33 heavy (non-hydrogen) atoms. The zero-order valence-corrected chi connectivity index (χ0v) is 20.4. The molecule has 0 amide bonds. The maximum atomic E-state index is 12.1. The highest BCUT2D eigenvalue weighted by Crippen LogP contribution is 2.44. The molecular weight excluding hydrogens is 460 g/mol. The molecule has 1 aliphatic rings. The SMILES string of the molecule is CCC(N)C1(c2cccc(S(C)(=O)=O)c2)CCC(Oc2cc3cc[nH]c(=O)c3cc2Cl)CC1. The Morgan fingerprint density at radius 3 is 2.61 bits per heavy atom. The van der Waals surface area contributed by atoms with Gasteiger partial charge in [0.1, 0.15) is 5.75 Å². The van der Waals surface area contributed by atoms with E-state index in [2.05, 4.69) is 11.9 Å². The molecule has 8 heteroatoms. The van der Waals surface area contributed by atoms with Gasteiger partial charge in [0.15, 0.2) is 9.84 Å². The molecular formula is C25H29ClN2O4S. The van der Waals surface area contributed by atoms with E-state index in [1.165, 1.54) is 6.26 Å². The van der Waals surface area contributed by atoms with E-state index < -0.39 is 9.84 Å². The fraction of sp³-hybridized carbons (Fsp3) is 0.400. The molecule has 1 aliphatic carbocycles. The minimum atomic E-state index is -3.31. The summed E-state index contributed by atoms with van der Waals surface area (Å²) < 4.78 is 30.5. The van der Waals surface area contributed by atoms with E-state index in [-0.39, 0.29) is 23.1 Å². The maximum Gasteiger partial charge on any atom is 0.255 e. The first-order valence-electron chi connectivity index (χ1n) is 11.2. The number of pyridine rings is 1. The van der Waals surface area contributed by atoms with Gasteiger partial charge < -0.3 is 15.5 Å². The number of hydrogen-bond acceptors (Lipinski definition) is 5. The van der Waals surface area contributed by atoms with Crippen molar-refractivity contribution in [2.75, 3.05) is 6.26 Å². The lowest BCUT2D eigenvalue weighted by Gasteiger charge is -2.44. The molecule has 1 fully saturated rings. The lowest BCUT2D eigenvalue weighted by molar-refractivity contribution is 0.104. The van der Waals surface area contributed by atoms with Crippen molar-refractivity contribution in [2.24, 2.45) is 5.73 Å². The first-order chi connectivity index (χ1) is 15.6. The van der Waals surface area contributed by atoms with Crippen LogP contribution in [0.4, 0.5) is 0 Å². The van der Waals surface area contributed by atoms with Gasteiger partial charge in [-0.15, -0.1) is 0 Å². The van der Waals surface area contributed by atoms with Gasteiger partial charge in [-0.05, 0) is 73.4 Å². The van der Waals surface area contributed by atoms with Crippen molar-refractivity contribution >= 4 is 32.2 Å². The van der Waals surface area contributed by atoms with Crippen LogP contribution < -0.4 is 16.0 Å². The van der Waals surface area contributed by atoms with E-state index in [0.717, 1.165) is 43.1 Å². The summed E-state index contributed by atoms with van der Waals surface area (Å²) in [7, 11) is -3.31. The van der Waals surface area contributed by atoms with Crippen LogP contribution in [0.5, 0.6) is 5.75 Å². The van der Waals surface area contributed by atoms with Gasteiger partial charge in [0.05, 0.1) is 16.0 Å². The van der Waals surface area contributed by atoms with Gasteiger partial charge in [-0.25, -0.2) is 8.42 Å². The largest absolute Gasteiger partial charge is 0.489 e. The lowest BCUT2D eigenvalue weighted by Crippen LogP contribution is -2.49. The molecule has 1 atom stereocenters. The average Bonchev–Trinajstić information content (AvgIpc) is 2.80. The lowest BCUT2D eigenvalue weighted by atomic mass is 9.64. The number of H-pyrrole nitrogens is 1. The highest BCUT2D eigenvalue weighted by molar-refractivity contribution is 7.90. The first-order valence-corrected chi connectivity index (χ1v) is 13.4. The highest BCUT2D eigenvalue weighted by atomic mass is 35.5. The van der Waals surface area contributed by atoms with Crippen molar-refractivity contribution in [1.29, 1.82) is 0 Å². The number of fused-ring (bicyclic) bond motifs is 1. The van der Waals surface area contributed by atoms with Crippen LogP contribution in [0.1, 0.15) is 44.6 Å². The molecule has 1 aromatic heterocycles. The molecule has 0 saturated heterocycles. The van der Waals surface area contributed by atoms with E-state index in [1.807, 2.05) is 18.2 Å². The molecule has 0 aliphatic heterocycles. The van der Waals surface area contributed by atoms with Crippen molar-refractivity contribution in [1.82, 2.24) is 4.98 Å². The van der Waals surface area contributed by atoms with E-state index >= 15 is 0 Å². The third kappa shape index (κ3) is 4.67. The fourth-order valence-corrected chi connectivity index (χ4v) is 5.86. The van der Waals surface area contributed by atoms with Gasteiger partial charge in [-0.3, -0.25) is 4.79 Å². The van der Waals surface area contributed by atoms with Crippen molar-refractivity contribution in [2.45, 2.75) is 61.5 Å². The van der Waals surface area contributed by atoms with E-state index in [0.29, 0.717) is 21.1 Å². The maximum absolute atomic E-state index is 12.1. The summed E-state index contributed by atoms with van der Waals surface area (Å²) in [6, 6.07) is 12.4. The van der Waals surface area contributed by atoms with Crippen LogP contribution in [0.15, 0.2) is 58.4 Å². The molecule has 0 radical (unpaired) electrons. The Hall–Kier alpha value is -2.35. The summed E-state index contributed by atoms with van der Waals surface area (Å²) in [6.07, 6.45) is 6.67. The van der Waals surface area contributed by atoms with Crippen LogP contribution in [0.25, 0.3) is 10.8 Å². The normalized spacial score (nSPS) is 22.2. The van der Waals surface area contributed by atoms with Gasteiger partial charge in [0, 0.05) is 29.3 Å². The van der Waals surface area contributed by atoms with Crippen LogP contribution >= 0.6 is 11.6 Å². The number of aromatic nitrogens is 1. The van der Waals surface area contributed by atoms with Crippen LogP contribution in [0, 0.1) is 0 Å². The number of rotatable bonds is 6. The molecule has 2 aromatic carbocycles. The third-order valence-corrected chi connectivity index (χ3v) is 8.34. The molecule has 0 spiro atoms. The molecule has 1 heterocycles. The fourth-order valence-electron chi connectivity index (χ4n) is 4.98. The molecule has 176 valence electrons. The molecule has 1 unspecified atom stereocenters. The zero-order valence-electron chi connectivity index (χ0n) is 18.8. The van der Waals surface area contributed by atoms with E-state index in [9.17, 15) is 13.2 Å². The Bertz CT molecular complexity index is 1330. The third-order valence-electron chi connectivity index (χ3n) is 6.93. The summed E-state index contributed by atoms with van der Waals surface area (Å²) in [5, 5.41) is 1.70. The zero-order chi connectivity index (χ0) is 23.8. The van der Waals surface area contributed by atoms with Crippen LogP contribution in [-0.2, 0) is 15.3 Å². The highest BCUT2D eigenvalue weighted by Gasteiger charge is 2.42. The van der Waals surface area contributed by atoms with Crippen molar-refractivity contribution < 1.29 is 13.2 Å². The Kier molecular flexibility index (Phi) is 6.58. The Balaban J connectivity index is 1.59. The Labute approximate surface area is 199 Å². The van der Waals surface area contributed by atoms with Gasteiger partial charge in [0.25, 0.3) is 5.56 Å². The first kappa shape index (κ1) is 23.8. The number of aromatic amines is 1. The number of ether oxygens (including phenoxy) is 1. The second kappa shape index (κ2) is 9.12. The van der Waals surface area contributed by atoms with Crippen LogP contribution in [-0.4, -0.2) is 31.8 Å². The van der Waals surface area contributed by atoms with E-state index in [4.69, 9.17) is 22.1 Å². The summed E-state index contributed by atoms with van der Waals surface area (Å²) in [5.74, 6) is 0.561. The Morgan fingerprint density at radius 1 is 1.21 bits per heavy atom. The number of benzene rings is 2. The number of halogens is 1. The summed E-state index contributed by atoms with van der Waals surface area (Å²) in [6.45, 7) is 2.06. The van der Waals surface area contributed by atoms with Crippen LogP contribution in [0.3, 0.4) is 0 Å². The smallest absolute Gasteiger partial charge is 0.255 e. The number of nitrogens with one attached hydrogen (secondary N) is 1. The second-order valence-corrected chi connectivity index (χ2v) is 11.4. The van der Waals surface area contributed by atoms with Gasteiger partial charge in [-0.1, -0.05) is 30.7 Å². The number of sulfone groups is 1. The number of hydrogen-bond donors (Lipinski definition) is 2.